The van der Waals surface area contributed by atoms with E-state index in [0.29, 0.717) is 18.5 Å². The van der Waals surface area contributed by atoms with Gasteiger partial charge in [0.2, 0.25) is 59.1 Å². The van der Waals surface area contributed by atoms with Crippen molar-refractivity contribution in [2.24, 2.45) is 11.5 Å². The van der Waals surface area contributed by atoms with Crippen molar-refractivity contribution in [1.29, 1.82) is 0 Å². The molecule has 1 aliphatic rings. The van der Waals surface area contributed by atoms with Crippen LogP contribution in [0.25, 0.3) is 0 Å². The molecular formula is C42H59N11O11S2. The fourth-order valence-electron chi connectivity index (χ4n) is 6.51. The number of hydrogen-bond acceptors (Lipinski definition) is 14. The third-order valence-electron chi connectivity index (χ3n) is 10.2. The molecule has 9 unspecified atom stereocenters. The van der Waals surface area contributed by atoms with Gasteiger partial charge in [-0.2, -0.15) is 25.3 Å². The Morgan fingerprint density at radius 2 is 1.14 bits per heavy atom. The fourth-order valence-corrected chi connectivity index (χ4v) is 7.04. The Hall–Kier alpha value is -6.24. The third kappa shape index (κ3) is 18.0. The number of carbonyl (C=O) groups is 10. The van der Waals surface area contributed by atoms with E-state index >= 15 is 0 Å². The van der Waals surface area contributed by atoms with Gasteiger partial charge in [-0.05, 0) is 44.4 Å². The predicted octanol–water partition coefficient (Wildman–Crippen LogP) is -4.65. The molecule has 3 rings (SSSR count). The maximum atomic E-state index is 13.7. The molecule has 1 saturated heterocycles. The third-order valence-corrected chi connectivity index (χ3v) is 10.9. The van der Waals surface area contributed by atoms with Gasteiger partial charge in [-0.25, -0.2) is 0 Å². The summed E-state index contributed by atoms with van der Waals surface area (Å²) in [6.45, 7) is 2.43. The van der Waals surface area contributed by atoms with Crippen LogP contribution in [0.2, 0.25) is 0 Å². The van der Waals surface area contributed by atoms with Crippen LogP contribution >= 0.6 is 25.3 Å². The molecule has 0 bridgehead atoms. The standard InChI is InChI=1S/C42H59N11O11S2/c1-22(36(58)49-28(17-25-12-7-4-8-13-25)40(62)53-34(23(2)54)42(64)46-19-33(56)48-30(20-65)35(44)57)47-38(60)29(18-32(43)55)51-41(63)31(21-66)52-39(61)27(16-24-10-5-3-6-11-24)50-37(59)26-14-9-15-45-26/h3-8,10-13,22-23,26-31,34,45,54,65-66H,9,14-21H2,1-2H3,(H2,43,55)(H2,44,57)(H,46,64)(H,47,60)(H,48,56)(H,49,58)(H,50,59)(H,51,63)(H,52,61)(H,53,62). The number of primary amides is 2. The van der Waals surface area contributed by atoms with Crippen molar-refractivity contribution >= 4 is 84.3 Å². The fraction of sp³-hybridized carbons (Fsp3) is 0.476. The average Bonchev–Trinajstić information content (AvgIpc) is 3.83. The lowest BCUT2D eigenvalue weighted by Crippen LogP contribution is -2.61. The van der Waals surface area contributed by atoms with Crippen molar-refractivity contribution in [2.45, 2.75) is 100 Å². The van der Waals surface area contributed by atoms with Gasteiger partial charge in [0, 0.05) is 24.3 Å². The Morgan fingerprint density at radius 3 is 1.64 bits per heavy atom. The zero-order valence-electron chi connectivity index (χ0n) is 36.4. The van der Waals surface area contributed by atoms with Crippen LogP contribution in [0.15, 0.2) is 60.7 Å². The summed E-state index contributed by atoms with van der Waals surface area (Å²) < 4.78 is 0. The van der Waals surface area contributed by atoms with Crippen molar-refractivity contribution < 1.29 is 53.1 Å². The summed E-state index contributed by atoms with van der Waals surface area (Å²) in [5.41, 5.74) is 11.9. The normalized spacial score (nSPS) is 16.8. The van der Waals surface area contributed by atoms with Gasteiger partial charge >= 0.3 is 0 Å². The molecular weight excluding hydrogens is 899 g/mol. The molecule has 0 aliphatic carbocycles. The number of rotatable bonds is 26. The molecule has 2 aromatic carbocycles. The zero-order chi connectivity index (χ0) is 48.9. The molecule has 0 aromatic heterocycles. The van der Waals surface area contributed by atoms with E-state index in [9.17, 15) is 53.1 Å². The summed E-state index contributed by atoms with van der Waals surface area (Å²) in [5.74, 6) is -9.01. The van der Waals surface area contributed by atoms with E-state index in [4.69, 9.17) is 11.5 Å². The van der Waals surface area contributed by atoms with E-state index < -0.39 is 126 Å². The highest BCUT2D eigenvalue weighted by atomic mass is 32.1. The first-order valence-corrected chi connectivity index (χ1v) is 22.3. The molecule has 10 amide bonds. The number of carbonyl (C=O) groups excluding carboxylic acids is 10. The van der Waals surface area contributed by atoms with Crippen LogP contribution in [0.4, 0.5) is 0 Å². The molecule has 1 heterocycles. The summed E-state index contributed by atoms with van der Waals surface area (Å²) in [6.07, 6.45) is -0.938. The van der Waals surface area contributed by atoms with E-state index in [-0.39, 0.29) is 24.3 Å². The number of hydrogen-bond donors (Lipinski definition) is 14. The smallest absolute Gasteiger partial charge is 0.245 e. The largest absolute Gasteiger partial charge is 0.391 e. The van der Waals surface area contributed by atoms with Gasteiger partial charge in [0.15, 0.2) is 0 Å². The molecule has 0 saturated carbocycles. The number of aliphatic hydroxyl groups is 1. The van der Waals surface area contributed by atoms with E-state index in [2.05, 4.69) is 73.1 Å². The Kier molecular flexibility index (Phi) is 22.4. The highest BCUT2D eigenvalue weighted by Crippen LogP contribution is 2.10. The Morgan fingerprint density at radius 1 is 0.636 bits per heavy atom. The van der Waals surface area contributed by atoms with Gasteiger partial charge in [-0.1, -0.05) is 60.7 Å². The summed E-state index contributed by atoms with van der Waals surface area (Å²) >= 11 is 8.15. The average molecular weight is 958 g/mol. The minimum Gasteiger partial charge on any atom is -0.391 e. The SMILES string of the molecule is CC(NC(=O)C(CC(N)=O)NC(=O)C(CS)NC(=O)C(Cc1ccccc1)NC(=O)C1CCCN1)C(=O)NC(Cc1ccccc1)C(=O)NC(C(=O)NCC(=O)NC(CS)C(N)=O)C(C)O. The minimum absolute atomic E-state index is 0.0848. The number of benzene rings is 2. The van der Waals surface area contributed by atoms with Crippen molar-refractivity contribution in [1.82, 2.24) is 47.9 Å². The highest BCUT2D eigenvalue weighted by molar-refractivity contribution is 7.80. The van der Waals surface area contributed by atoms with E-state index in [1.165, 1.54) is 13.8 Å². The number of nitrogens with one attached hydrogen (secondary N) is 9. The zero-order valence-corrected chi connectivity index (χ0v) is 38.2. The number of nitrogens with two attached hydrogens (primary N) is 2. The van der Waals surface area contributed by atoms with Crippen molar-refractivity contribution in [3.63, 3.8) is 0 Å². The molecule has 22 nitrogen and oxygen atoms in total. The van der Waals surface area contributed by atoms with Gasteiger partial charge in [0.1, 0.15) is 42.3 Å². The topological polar surface area (TPSA) is 351 Å². The van der Waals surface area contributed by atoms with Crippen LogP contribution in [0.5, 0.6) is 0 Å². The second-order valence-corrected chi connectivity index (χ2v) is 16.2. The first kappa shape index (κ1) is 54.1. The highest BCUT2D eigenvalue weighted by Gasteiger charge is 2.35. The Labute approximate surface area is 392 Å². The van der Waals surface area contributed by atoms with E-state index in [1.807, 2.05) is 0 Å². The summed E-state index contributed by atoms with van der Waals surface area (Å²) in [5, 5.41) is 33.0. The summed E-state index contributed by atoms with van der Waals surface area (Å²) in [7, 11) is 0. The van der Waals surface area contributed by atoms with Crippen LogP contribution in [0, 0.1) is 0 Å². The molecule has 14 N–H and O–H groups in total. The number of aliphatic hydroxyl groups excluding tert-OH is 1. The summed E-state index contributed by atoms with van der Waals surface area (Å²) in [4.78, 5) is 130. The molecule has 0 radical (unpaired) electrons. The maximum Gasteiger partial charge on any atom is 0.245 e. The van der Waals surface area contributed by atoms with Crippen LogP contribution in [-0.2, 0) is 60.8 Å². The van der Waals surface area contributed by atoms with Crippen LogP contribution in [0.1, 0.15) is 44.2 Å². The predicted molar refractivity (Wildman–Crippen MR) is 246 cm³/mol. The maximum absolute atomic E-state index is 13.7. The molecule has 1 aliphatic heterocycles. The van der Waals surface area contributed by atoms with Gasteiger partial charge in [-0.3, -0.25) is 47.9 Å². The number of thiol groups is 2. The molecule has 24 heteroatoms. The summed E-state index contributed by atoms with van der Waals surface area (Å²) in [6, 6.07) is 7.00. The molecule has 2 aromatic rings. The van der Waals surface area contributed by atoms with Crippen LogP contribution in [-0.4, -0.2) is 143 Å². The van der Waals surface area contributed by atoms with Crippen LogP contribution < -0.4 is 59.3 Å². The monoisotopic (exact) mass is 957 g/mol. The van der Waals surface area contributed by atoms with Gasteiger partial charge in [0.25, 0.3) is 0 Å². The van der Waals surface area contributed by atoms with Crippen molar-refractivity contribution in [2.75, 3.05) is 24.6 Å². The molecule has 9 atom stereocenters. The lowest BCUT2D eigenvalue weighted by Gasteiger charge is -2.27. The molecule has 66 heavy (non-hydrogen) atoms. The molecule has 360 valence electrons. The first-order chi connectivity index (χ1) is 31.3. The van der Waals surface area contributed by atoms with Crippen molar-refractivity contribution in [3.8, 4) is 0 Å². The molecule has 1 fully saturated rings. The Balaban J connectivity index is 1.71. The molecule has 0 spiro atoms. The first-order valence-electron chi connectivity index (χ1n) is 21.0. The van der Waals surface area contributed by atoms with Crippen LogP contribution in [0.3, 0.4) is 0 Å². The second-order valence-electron chi connectivity index (χ2n) is 15.5. The minimum atomic E-state index is -1.66. The quantitative estimate of drug-likeness (QED) is 0.0396. The van der Waals surface area contributed by atoms with E-state index in [1.54, 1.807) is 60.7 Å². The second kappa shape index (κ2) is 27.3. The Bertz CT molecular complexity index is 2030. The lowest BCUT2D eigenvalue weighted by atomic mass is 10.0. The van der Waals surface area contributed by atoms with Gasteiger partial charge in [-0.15, -0.1) is 0 Å². The van der Waals surface area contributed by atoms with Crippen molar-refractivity contribution in [3.05, 3.63) is 71.8 Å². The lowest BCUT2D eigenvalue weighted by molar-refractivity contribution is -0.136. The van der Waals surface area contributed by atoms with Gasteiger partial charge < -0.3 is 64.4 Å². The van der Waals surface area contributed by atoms with E-state index in [0.717, 1.165) is 12.0 Å². The number of amides is 10. The van der Waals surface area contributed by atoms with Gasteiger partial charge in [0.05, 0.1) is 25.1 Å².